The van der Waals surface area contributed by atoms with Crippen LogP contribution in [0.5, 0.6) is 0 Å². The van der Waals surface area contributed by atoms with Gasteiger partial charge < -0.3 is 10.1 Å². The summed E-state index contributed by atoms with van der Waals surface area (Å²) in [5.74, 6) is -0.184. The number of nitrogens with one attached hydrogen (secondary N) is 1. The lowest BCUT2D eigenvalue weighted by Crippen LogP contribution is -2.07. The highest BCUT2D eigenvalue weighted by Crippen LogP contribution is 2.39. The summed E-state index contributed by atoms with van der Waals surface area (Å²) in [6.45, 7) is 0. The highest BCUT2D eigenvalue weighted by molar-refractivity contribution is 5.83. The highest BCUT2D eigenvalue weighted by Gasteiger charge is 2.39. The molecule has 2 nitrogen and oxygen atoms in total. The summed E-state index contributed by atoms with van der Waals surface area (Å²) in [5, 5.41) is 10.4. The molecule has 16 heavy (non-hydrogen) atoms. The Balaban J connectivity index is 1.91. The van der Waals surface area contributed by atoms with Crippen LogP contribution in [0.15, 0.2) is 24.4 Å². The van der Waals surface area contributed by atoms with Gasteiger partial charge in [0.15, 0.2) is 0 Å². The second-order valence-corrected chi connectivity index (χ2v) is 4.70. The van der Waals surface area contributed by atoms with Gasteiger partial charge in [-0.1, -0.05) is 6.07 Å². The summed E-state index contributed by atoms with van der Waals surface area (Å²) in [6.07, 6.45) is 5.08. The van der Waals surface area contributed by atoms with Gasteiger partial charge in [-0.15, -0.1) is 0 Å². The van der Waals surface area contributed by atoms with Gasteiger partial charge in [-0.25, -0.2) is 4.39 Å². The van der Waals surface area contributed by atoms with Gasteiger partial charge in [-0.05, 0) is 43.4 Å². The van der Waals surface area contributed by atoms with Crippen LogP contribution in [0.4, 0.5) is 4.39 Å². The first-order valence-corrected chi connectivity index (χ1v) is 5.65. The quantitative estimate of drug-likeness (QED) is 0.818. The second-order valence-electron chi connectivity index (χ2n) is 4.70. The number of aromatic amines is 1. The number of hydrogen-bond donors (Lipinski definition) is 2. The molecular weight excluding hydrogens is 205 g/mol. The fraction of sp³-hybridized carbons (Fsp3) is 0.385. The molecule has 0 radical (unpaired) electrons. The van der Waals surface area contributed by atoms with Crippen LogP contribution in [-0.4, -0.2) is 15.7 Å². The number of H-pyrrole nitrogens is 1. The van der Waals surface area contributed by atoms with E-state index in [1.54, 1.807) is 6.07 Å². The van der Waals surface area contributed by atoms with Crippen LogP contribution in [0.2, 0.25) is 0 Å². The smallest absolute Gasteiger partial charge is 0.132 e. The third kappa shape index (κ3) is 1.61. The molecule has 0 bridgehead atoms. The van der Waals surface area contributed by atoms with E-state index in [9.17, 15) is 9.50 Å². The molecule has 2 aromatic rings. The molecule has 2 N–H and O–H groups in total. The molecule has 1 aromatic heterocycles. The number of hydrogen-bond acceptors (Lipinski definition) is 1. The maximum Gasteiger partial charge on any atom is 0.132 e. The first kappa shape index (κ1) is 9.85. The van der Waals surface area contributed by atoms with Gasteiger partial charge in [-0.2, -0.15) is 0 Å². The van der Waals surface area contributed by atoms with Crippen LogP contribution >= 0.6 is 0 Å². The van der Waals surface area contributed by atoms with Crippen LogP contribution in [-0.2, 0) is 6.42 Å². The molecule has 3 rings (SSSR count). The van der Waals surface area contributed by atoms with E-state index in [4.69, 9.17) is 0 Å². The van der Waals surface area contributed by atoms with Crippen molar-refractivity contribution in [3.63, 3.8) is 0 Å². The van der Waals surface area contributed by atoms with Crippen molar-refractivity contribution in [3.05, 3.63) is 35.8 Å². The third-order valence-electron chi connectivity index (χ3n) is 3.42. The van der Waals surface area contributed by atoms with E-state index in [0.717, 1.165) is 36.8 Å². The molecule has 0 amide bonds. The molecular formula is C13H14FNO. The highest BCUT2D eigenvalue weighted by atomic mass is 19.1. The van der Waals surface area contributed by atoms with Crippen LogP contribution in [0, 0.1) is 5.82 Å². The predicted molar refractivity (Wildman–Crippen MR) is 60.8 cm³/mol. The Morgan fingerprint density at radius 3 is 2.94 bits per heavy atom. The molecule has 0 saturated heterocycles. The normalized spacial score (nSPS) is 17.9. The van der Waals surface area contributed by atoms with Gasteiger partial charge in [-0.3, -0.25) is 0 Å². The van der Waals surface area contributed by atoms with E-state index in [1.165, 1.54) is 6.07 Å². The lowest BCUT2D eigenvalue weighted by atomic mass is 10.0. The lowest BCUT2D eigenvalue weighted by molar-refractivity contribution is 0.140. The van der Waals surface area contributed by atoms with Crippen molar-refractivity contribution in [1.82, 2.24) is 4.98 Å². The zero-order valence-electron chi connectivity index (χ0n) is 8.96. The van der Waals surface area contributed by atoms with Gasteiger partial charge in [0.2, 0.25) is 0 Å². The van der Waals surface area contributed by atoms with E-state index < -0.39 is 5.60 Å². The number of benzene rings is 1. The largest absolute Gasteiger partial charge is 0.390 e. The van der Waals surface area contributed by atoms with Gasteiger partial charge >= 0.3 is 0 Å². The molecule has 1 aliphatic rings. The zero-order chi connectivity index (χ0) is 11.2. The van der Waals surface area contributed by atoms with E-state index in [-0.39, 0.29) is 5.82 Å². The van der Waals surface area contributed by atoms with Gasteiger partial charge in [0, 0.05) is 17.1 Å². The summed E-state index contributed by atoms with van der Waals surface area (Å²) >= 11 is 0. The van der Waals surface area contributed by atoms with Crippen molar-refractivity contribution in [1.29, 1.82) is 0 Å². The molecule has 1 aliphatic carbocycles. The average molecular weight is 219 g/mol. The van der Waals surface area contributed by atoms with Crippen molar-refractivity contribution in [2.75, 3.05) is 0 Å². The van der Waals surface area contributed by atoms with E-state index in [0.29, 0.717) is 5.39 Å². The Morgan fingerprint density at radius 2 is 2.19 bits per heavy atom. The molecule has 0 spiro atoms. The first-order chi connectivity index (χ1) is 7.68. The summed E-state index contributed by atoms with van der Waals surface area (Å²) < 4.78 is 13.6. The van der Waals surface area contributed by atoms with E-state index >= 15 is 0 Å². The molecule has 0 aliphatic heterocycles. The fourth-order valence-electron chi connectivity index (χ4n) is 2.17. The van der Waals surface area contributed by atoms with Crippen molar-refractivity contribution in [2.24, 2.45) is 0 Å². The maximum absolute atomic E-state index is 13.6. The Morgan fingerprint density at radius 1 is 1.38 bits per heavy atom. The van der Waals surface area contributed by atoms with Crippen molar-refractivity contribution >= 4 is 10.9 Å². The number of aliphatic hydroxyl groups is 1. The molecule has 3 heteroatoms. The minimum atomic E-state index is -0.463. The molecule has 0 unspecified atom stereocenters. The van der Waals surface area contributed by atoms with Crippen molar-refractivity contribution in [3.8, 4) is 0 Å². The van der Waals surface area contributed by atoms with Crippen LogP contribution in [0.3, 0.4) is 0 Å². The molecule has 0 atom stereocenters. The van der Waals surface area contributed by atoms with Crippen LogP contribution in [0.1, 0.15) is 24.8 Å². The van der Waals surface area contributed by atoms with E-state index in [2.05, 4.69) is 4.98 Å². The average Bonchev–Trinajstić information content (AvgIpc) is 2.86. The maximum atomic E-state index is 13.6. The van der Waals surface area contributed by atoms with Crippen molar-refractivity contribution in [2.45, 2.75) is 31.3 Å². The zero-order valence-corrected chi connectivity index (χ0v) is 8.96. The summed E-state index contributed by atoms with van der Waals surface area (Å²) in [7, 11) is 0. The number of rotatable bonds is 3. The monoisotopic (exact) mass is 219 g/mol. The van der Waals surface area contributed by atoms with Crippen LogP contribution < -0.4 is 0 Å². The topological polar surface area (TPSA) is 36.0 Å². The van der Waals surface area contributed by atoms with Crippen LogP contribution in [0.25, 0.3) is 10.9 Å². The van der Waals surface area contributed by atoms with Gasteiger partial charge in [0.1, 0.15) is 5.82 Å². The minimum Gasteiger partial charge on any atom is -0.390 e. The predicted octanol–water partition coefficient (Wildman–Crippen LogP) is 2.76. The number of aromatic nitrogens is 1. The molecule has 1 heterocycles. The number of halogens is 1. The number of aryl methyl sites for hydroxylation is 1. The Bertz CT molecular complexity index is 528. The van der Waals surface area contributed by atoms with Gasteiger partial charge in [0.25, 0.3) is 0 Å². The Kier molecular flexibility index (Phi) is 2.04. The molecule has 1 aromatic carbocycles. The standard InChI is InChI=1S/C13H14FNO/c14-10-2-1-3-11-12(10)9(8-15-11)4-5-13(16)6-7-13/h1-3,8,15-16H,4-7H2. The molecule has 1 saturated carbocycles. The molecule has 1 fully saturated rings. The van der Waals surface area contributed by atoms with Crippen molar-refractivity contribution < 1.29 is 9.50 Å². The Labute approximate surface area is 93.1 Å². The Hall–Kier alpha value is -1.35. The minimum absolute atomic E-state index is 0.184. The lowest BCUT2D eigenvalue weighted by Gasteiger charge is -2.06. The SMILES string of the molecule is OC1(CCc2c[nH]c3cccc(F)c23)CC1. The van der Waals surface area contributed by atoms with E-state index in [1.807, 2.05) is 12.3 Å². The fourth-order valence-corrected chi connectivity index (χ4v) is 2.17. The van der Waals surface area contributed by atoms with Gasteiger partial charge in [0.05, 0.1) is 5.60 Å². The number of fused-ring (bicyclic) bond motifs is 1. The summed E-state index contributed by atoms with van der Waals surface area (Å²) in [6, 6.07) is 5.05. The summed E-state index contributed by atoms with van der Waals surface area (Å²) in [5.41, 5.74) is 1.33. The molecule has 84 valence electrons. The summed E-state index contributed by atoms with van der Waals surface area (Å²) in [4.78, 5) is 3.06. The first-order valence-electron chi connectivity index (χ1n) is 5.65. The second kappa shape index (κ2) is 3.32. The third-order valence-corrected chi connectivity index (χ3v) is 3.42.